The molecule has 1 fully saturated rings. The summed E-state index contributed by atoms with van der Waals surface area (Å²) in [6.45, 7) is 5.08. The summed E-state index contributed by atoms with van der Waals surface area (Å²) in [5.41, 5.74) is 0.389. The quantitative estimate of drug-likeness (QED) is 0.816. The Labute approximate surface area is 91.1 Å². The van der Waals surface area contributed by atoms with Gasteiger partial charge in [-0.2, -0.15) is 0 Å². The molecule has 1 aliphatic carbocycles. The Balaban J connectivity index is 1.95. The molecule has 1 heterocycles. The fraction of sp³-hybridized carbons (Fsp3) is 0.818. The maximum absolute atomic E-state index is 4.16. The second kappa shape index (κ2) is 3.93. The summed E-state index contributed by atoms with van der Waals surface area (Å²) in [5, 5.41) is 11.9. The first-order valence-corrected chi connectivity index (χ1v) is 5.77. The number of rotatable bonds is 4. The van der Waals surface area contributed by atoms with Crippen molar-refractivity contribution in [3.63, 3.8) is 0 Å². The zero-order chi connectivity index (χ0) is 10.9. The molecule has 0 bridgehead atoms. The maximum atomic E-state index is 4.16. The van der Waals surface area contributed by atoms with Gasteiger partial charge in [-0.15, -0.1) is 10.2 Å². The van der Waals surface area contributed by atoms with Crippen molar-refractivity contribution in [3.8, 4) is 0 Å². The van der Waals surface area contributed by atoms with Gasteiger partial charge >= 0.3 is 0 Å². The molecule has 1 N–H and O–H groups in total. The first kappa shape index (κ1) is 10.6. The summed E-state index contributed by atoms with van der Waals surface area (Å²) >= 11 is 0. The summed E-state index contributed by atoms with van der Waals surface area (Å²) in [7, 11) is 2.02. The van der Waals surface area contributed by atoms with E-state index < -0.39 is 0 Å². The topological polar surface area (TPSA) is 42.7 Å². The number of aryl methyl sites for hydroxylation is 1. The Morgan fingerprint density at radius 2 is 2.13 bits per heavy atom. The van der Waals surface area contributed by atoms with Crippen LogP contribution in [-0.4, -0.2) is 20.3 Å². The zero-order valence-electron chi connectivity index (χ0n) is 9.88. The Morgan fingerprint density at radius 1 is 1.40 bits per heavy atom. The van der Waals surface area contributed by atoms with E-state index in [1.54, 1.807) is 0 Å². The Morgan fingerprint density at radius 3 is 2.53 bits per heavy atom. The highest BCUT2D eigenvalue weighted by Gasteiger charge is 2.34. The average molecular weight is 208 g/mol. The van der Waals surface area contributed by atoms with Crippen LogP contribution in [0.3, 0.4) is 0 Å². The smallest absolute Gasteiger partial charge is 0.146 e. The first-order chi connectivity index (χ1) is 7.17. The molecule has 84 valence electrons. The first-order valence-electron chi connectivity index (χ1n) is 5.77. The van der Waals surface area contributed by atoms with Gasteiger partial charge in [-0.25, -0.2) is 0 Å². The highest BCUT2D eigenvalue weighted by Crippen LogP contribution is 2.34. The molecule has 0 unspecified atom stereocenters. The van der Waals surface area contributed by atoms with E-state index in [0.717, 1.165) is 18.2 Å². The molecule has 0 radical (unpaired) electrons. The Hall–Kier alpha value is -0.900. The van der Waals surface area contributed by atoms with Gasteiger partial charge in [0.05, 0.1) is 6.54 Å². The van der Waals surface area contributed by atoms with Crippen molar-refractivity contribution in [2.75, 3.05) is 0 Å². The molecule has 4 heteroatoms. The molecule has 1 aliphatic rings. The number of hydrogen-bond donors (Lipinski definition) is 1. The molecule has 0 amide bonds. The van der Waals surface area contributed by atoms with E-state index in [2.05, 4.69) is 27.0 Å². The van der Waals surface area contributed by atoms with Gasteiger partial charge in [-0.05, 0) is 32.6 Å². The highest BCUT2D eigenvalue weighted by atomic mass is 15.3. The number of nitrogens with one attached hydrogen (secondary N) is 1. The number of aromatic nitrogens is 3. The van der Waals surface area contributed by atoms with Gasteiger partial charge in [0.25, 0.3) is 0 Å². The predicted molar refractivity (Wildman–Crippen MR) is 59.5 cm³/mol. The second-order valence-electron chi connectivity index (χ2n) is 4.56. The van der Waals surface area contributed by atoms with Crippen molar-refractivity contribution in [2.24, 2.45) is 7.05 Å². The van der Waals surface area contributed by atoms with Crippen molar-refractivity contribution >= 4 is 0 Å². The molecule has 15 heavy (non-hydrogen) atoms. The van der Waals surface area contributed by atoms with Crippen LogP contribution in [0, 0.1) is 6.92 Å². The minimum atomic E-state index is 0.389. The van der Waals surface area contributed by atoms with Crippen molar-refractivity contribution in [2.45, 2.75) is 51.6 Å². The van der Waals surface area contributed by atoms with Gasteiger partial charge in [0, 0.05) is 12.6 Å². The van der Waals surface area contributed by atoms with Crippen molar-refractivity contribution in [3.05, 3.63) is 11.6 Å². The van der Waals surface area contributed by atoms with Crippen LogP contribution >= 0.6 is 0 Å². The molecular weight excluding hydrogens is 188 g/mol. The summed E-state index contributed by atoms with van der Waals surface area (Å²) in [6.07, 6.45) is 5.18. The van der Waals surface area contributed by atoms with E-state index in [0.29, 0.717) is 5.54 Å². The second-order valence-corrected chi connectivity index (χ2v) is 4.56. The lowest BCUT2D eigenvalue weighted by atomic mass is 9.75. The van der Waals surface area contributed by atoms with E-state index in [9.17, 15) is 0 Å². The molecule has 1 saturated carbocycles. The molecule has 2 rings (SSSR count). The largest absolute Gasteiger partial charge is 0.317 e. The van der Waals surface area contributed by atoms with Crippen LogP contribution in [0.4, 0.5) is 0 Å². The van der Waals surface area contributed by atoms with Crippen molar-refractivity contribution in [1.82, 2.24) is 20.1 Å². The lowest BCUT2D eigenvalue weighted by molar-refractivity contribution is 0.173. The van der Waals surface area contributed by atoms with E-state index in [1.807, 2.05) is 14.0 Å². The zero-order valence-corrected chi connectivity index (χ0v) is 9.88. The van der Waals surface area contributed by atoms with Crippen LogP contribution in [0.25, 0.3) is 0 Å². The van der Waals surface area contributed by atoms with Gasteiger partial charge in [0.2, 0.25) is 0 Å². The summed E-state index contributed by atoms with van der Waals surface area (Å²) in [4.78, 5) is 0. The fourth-order valence-electron chi connectivity index (χ4n) is 2.13. The van der Waals surface area contributed by atoms with Crippen LogP contribution < -0.4 is 5.32 Å². The normalized spacial score (nSPS) is 18.9. The van der Waals surface area contributed by atoms with Crippen LogP contribution in [-0.2, 0) is 13.6 Å². The molecule has 4 nitrogen and oxygen atoms in total. The third kappa shape index (κ3) is 1.91. The summed E-state index contributed by atoms with van der Waals surface area (Å²) < 4.78 is 2.05. The van der Waals surface area contributed by atoms with Gasteiger partial charge in [0.15, 0.2) is 0 Å². The van der Waals surface area contributed by atoms with Gasteiger partial charge in [-0.1, -0.05) is 6.92 Å². The summed E-state index contributed by atoms with van der Waals surface area (Å²) in [6, 6.07) is 0. The number of nitrogens with zero attached hydrogens (tertiary/aromatic N) is 3. The molecular formula is C11H20N4. The van der Waals surface area contributed by atoms with E-state index in [1.165, 1.54) is 25.7 Å². The molecule has 0 aromatic carbocycles. The van der Waals surface area contributed by atoms with E-state index in [4.69, 9.17) is 0 Å². The third-order valence-corrected chi connectivity index (χ3v) is 3.79. The fourth-order valence-corrected chi connectivity index (χ4v) is 2.13. The third-order valence-electron chi connectivity index (χ3n) is 3.79. The maximum Gasteiger partial charge on any atom is 0.146 e. The van der Waals surface area contributed by atoms with Gasteiger partial charge in [-0.3, -0.25) is 0 Å². The minimum absolute atomic E-state index is 0.389. The van der Waals surface area contributed by atoms with Crippen LogP contribution in [0.5, 0.6) is 0 Å². The molecule has 0 atom stereocenters. The van der Waals surface area contributed by atoms with E-state index in [-0.39, 0.29) is 0 Å². The monoisotopic (exact) mass is 208 g/mol. The molecule has 1 aromatic rings. The SMILES string of the molecule is CCC1(NCc2nnc(C)n2C)CCC1. The summed E-state index contributed by atoms with van der Waals surface area (Å²) in [5.74, 6) is 2.01. The lowest BCUT2D eigenvalue weighted by Crippen LogP contribution is -2.50. The van der Waals surface area contributed by atoms with Crippen LogP contribution in [0.1, 0.15) is 44.3 Å². The van der Waals surface area contributed by atoms with Gasteiger partial charge in [0.1, 0.15) is 11.6 Å². The molecule has 0 saturated heterocycles. The lowest BCUT2D eigenvalue weighted by Gasteiger charge is -2.42. The Kier molecular flexibility index (Phi) is 2.78. The highest BCUT2D eigenvalue weighted by molar-refractivity contribution is 4.98. The van der Waals surface area contributed by atoms with Crippen LogP contribution in [0.15, 0.2) is 0 Å². The molecule has 1 aromatic heterocycles. The predicted octanol–water partition coefficient (Wildman–Crippen LogP) is 1.55. The van der Waals surface area contributed by atoms with Crippen molar-refractivity contribution < 1.29 is 0 Å². The minimum Gasteiger partial charge on any atom is -0.317 e. The van der Waals surface area contributed by atoms with Gasteiger partial charge < -0.3 is 9.88 Å². The number of hydrogen-bond acceptors (Lipinski definition) is 3. The standard InChI is InChI=1S/C11H20N4/c1-4-11(6-5-7-11)12-8-10-14-13-9(2)15(10)3/h12H,4-8H2,1-3H3. The molecule has 0 spiro atoms. The average Bonchev–Trinajstić information content (AvgIpc) is 2.48. The Bertz CT molecular complexity index is 333. The van der Waals surface area contributed by atoms with Crippen LogP contribution in [0.2, 0.25) is 0 Å². The van der Waals surface area contributed by atoms with Crippen molar-refractivity contribution in [1.29, 1.82) is 0 Å². The van der Waals surface area contributed by atoms with E-state index >= 15 is 0 Å². The molecule has 0 aliphatic heterocycles.